The number of hydrogen-bond acceptors (Lipinski definition) is 5. The van der Waals surface area contributed by atoms with E-state index < -0.39 is 4.92 Å². The van der Waals surface area contributed by atoms with Crippen molar-refractivity contribution in [2.24, 2.45) is 0 Å². The van der Waals surface area contributed by atoms with Crippen molar-refractivity contribution in [3.05, 3.63) is 57.6 Å². The Bertz CT molecular complexity index is 760. The van der Waals surface area contributed by atoms with Gasteiger partial charge in [0.2, 0.25) is 0 Å². The normalized spacial score (nSPS) is 9.57. The largest absolute Gasteiger partial charge is 0.497 e. The van der Waals surface area contributed by atoms with Crippen LogP contribution in [0.3, 0.4) is 0 Å². The minimum Gasteiger partial charge on any atom is -0.497 e. The van der Waals surface area contributed by atoms with E-state index in [1.807, 2.05) is 0 Å². The molecule has 2 aromatic rings. The summed E-state index contributed by atoms with van der Waals surface area (Å²) < 4.78 is 5.06. The van der Waals surface area contributed by atoms with Gasteiger partial charge in [0, 0.05) is 23.3 Å². The van der Waals surface area contributed by atoms with Crippen LogP contribution in [0.15, 0.2) is 36.4 Å². The summed E-state index contributed by atoms with van der Waals surface area (Å²) in [5.74, 6) is 6.42. The monoisotopic (exact) mass is 283 g/mol. The van der Waals surface area contributed by atoms with Crippen LogP contribution < -0.4 is 16.2 Å². The smallest absolute Gasteiger partial charge is 0.292 e. The van der Waals surface area contributed by atoms with Gasteiger partial charge in [-0.2, -0.15) is 0 Å². The van der Waals surface area contributed by atoms with Gasteiger partial charge in [0.25, 0.3) is 5.69 Å². The molecular weight excluding hydrogens is 270 g/mol. The summed E-state index contributed by atoms with van der Waals surface area (Å²) in [5, 5.41) is 10.7. The van der Waals surface area contributed by atoms with Crippen molar-refractivity contribution in [2.45, 2.75) is 0 Å². The van der Waals surface area contributed by atoms with Crippen LogP contribution in [0, 0.1) is 22.0 Å². The lowest BCUT2D eigenvalue weighted by Gasteiger charge is -2.02. The Balaban J connectivity index is 2.31. The molecule has 6 heteroatoms. The number of nitro groups is 1. The van der Waals surface area contributed by atoms with Gasteiger partial charge in [-0.25, -0.2) is 0 Å². The second kappa shape index (κ2) is 5.84. The highest BCUT2D eigenvalue weighted by Crippen LogP contribution is 2.22. The molecule has 2 rings (SSSR count). The van der Waals surface area contributed by atoms with Crippen LogP contribution in [0.5, 0.6) is 5.75 Å². The van der Waals surface area contributed by atoms with Gasteiger partial charge < -0.3 is 16.2 Å². The average molecular weight is 283 g/mol. The van der Waals surface area contributed by atoms with E-state index in [1.54, 1.807) is 31.4 Å². The Morgan fingerprint density at radius 2 is 1.86 bits per heavy atom. The number of ether oxygens (including phenoxy) is 1. The summed E-state index contributed by atoms with van der Waals surface area (Å²) in [5.41, 5.74) is 13.1. The number of benzene rings is 2. The number of nitrogens with two attached hydrogens (primary N) is 2. The lowest BCUT2D eigenvalue weighted by molar-refractivity contribution is -0.383. The fraction of sp³-hybridized carbons (Fsp3) is 0.0667. The van der Waals surface area contributed by atoms with Crippen molar-refractivity contribution in [3.8, 4) is 17.6 Å². The molecule has 0 amide bonds. The zero-order chi connectivity index (χ0) is 15.4. The minimum atomic E-state index is -0.534. The molecule has 0 radical (unpaired) electrons. The first kappa shape index (κ1) is 14.2. The maximum atomic E-state index is 10.7. The Morgan fingerprint density at radius 3 is 2.43 bits per heavy atom. The van der Waals surface area contributed by atoms with E-state index >= 15 is 0 Å². The quantitative estimate of drug-likeness (QED) is 0.380. The summed E-state index contributed by atoms with van der Waals surface area (Å²) in [7, 11) is 1.56. The van der Waals surface area contributed by atoms with Crippen LogP contribution in [0.4, 0.5) is 17.1 Å². The summed E-state index contributed by atoms with van der Waals surface area (Å²) in [6.45, 7) is 0. The molecule has 0 aliphatic carbocycles. The van der Waals surface area contributed by atoms with E-state index in [4.69, 9.17) is 16.2 Å². The highest BCUT2D eigenvalue weighted by molar-refractivity contribution is 5.64. The Labute approximate surface area is 121 Å². The molecule has 0 spiro atoms. The molecule has 2 aromatic carbocycles. The first-order valence-corrected chi connectivity index (χ1v) is 6.00. The fourth-order valence-corrected chi connectivity index (χ4v) is 1.72. The third-order valence-electron chi connectivity index (χ3n) is 2.82. The van der Waals surface area contributed by atoms with Crippen molar-refractivity contribution in [1.29, 1.82) is 0 Å². The maximum absolute atomic E-state index is 10.7. The summed E-state index contributed by atoms with van der Waals surface area (Å²) in [6.07, 6.45) is 0. The highest BCUT2D eigenvalue weighted by atomic mass is 16.6. The van der Waals surface area contributed by atoms with E-state index in [2.05, 4.69) is 11.8 Å². The predicted molar refractivity (Wildman–Crippen MR) is 80.9 cm³/mol. The fourth-order valence-electron chi connectivity index (χ4n) is 1.72. The van der Waals surface area contributed by atoms with E-state index in [1.165, 1.54) is 12.1 Å². The Kier molecular flexibility index (Phi) is 3.95. The first-order valence-electron chi connectivity index (χ1n) is 6.00. The summed E-state index contributed by atoms with van der Waals surface area (Å²) in [4.78, 5) is 10.1. The summed E-state index contributed by atoms with van der Waals surface area (Å²) in [6, 6.07) is 9.51. The maximum Gasteiger partial charge on any atom is 0.292 e. The van der Waals surface area contributed by atoms with Crippen LogP contribution in [0.25, 0.3) is 0 Å². The van der Waals surface area contributed by atoms with Gasteiger partial charge in [-0.1, -0.05) is 11.8 Å². The Hall–Kier alpha value is -3.20. The van der Waals surface area contributed by atoms with Crippen LogP contribution in [0.2, 0.25) is 0 Å². The Morgan fingerprint density at radius 1 is 1.10 bits per heavy atom. The molecule has 0 saturated carbocycles. The van der Waals surface area contributed by atoms with E-state index in [9.17, 15) is 10.1 Å². The number of nitrogen functional groups attached to an aromatic ring is 2. The second-order valence-corrected chi connectivity index (χ2v) is 4.23. The van der Waals surface area contributed by atoms with E-state index in [0.717, 1.165) is 0 Å². The zero-order valence-corrected chi connectivity index (χ0v) is 11.3. The molecule has 0 saturated heterocycles. The topological polar surface area (TPSA) is 104 Å². The average Bonchev–Trinajstić information content (AvgIpc) is 2.45. The van der Waals surface area contributed by atoms with Gasteiger partial charge in [-0.3, -0.25) is 10.1 Å². The van der Waals surface area contributed by atoms with Crippen molar-refractivity contribution >= 4 is 17.1 Å². The van der Waals surface area contributed by atoms with Gasteiger partial charge in [0.05, 0.1) is 17.7 Å². The standard InChI is InChI=1S/C15H13N3O3/c1-21-12-6-5-11(13(16)9-12)4-2-10-3-7-15(18(19)20)14(17)8-10/h3,5-9H,16-17H2,1H3. The number of rotatable bonds is 2. The number of hydrogen-bond donors (Lipinski definition) is 2. The molecule has 6 nitrogen and oxygen atoms in total. The van der Waals surface area contributed by atoms with Crippen molar-refractivity contribution in [1.82, 2.24) is 0 Å². The van der Waals surface area contributed by atoms with Gasteiger partial charge in [-0.15, -0.1) is 0 Å². The molecule has 0 aliphatic rings. The van der Waals surface area contributed by atoms with Gasteiger partial charge in [0.15, 0.2) is 0 Å². The predicted octanol–water partition coefficient (Wildman–Crippen LogP) is 2.17. The van der Waals surface area contributed by atoms with Gasteiger partial charge >= 0.3 is 0 Å². The van der Waals surface area contributed by atoms with Crippen molar-refractivity contribution < 1.29 is 9.66 Å². The molecule has 0 aromatic heterocycles. The van der Waals surface area contributed by atoms with Crippen molar-refractivity contribution in [3.63, 3.8) is 0 Å². The van der Waals surface area contributed by atoms with Crippen LogP contribution in [-0.2, 0) is 0 Å². The molecule has 4 N–H and O–H groups in total. The summed E-state index contributed by atoms with van der Waals surface area (Å²) >= 11 is 0. The molecular formula is C15H13N3O3. The van der Waals surface area contributed by atoms with Gasteiger partial charge in [-0.05, 0) is 24.3 Å². The van der Waals surface area contributed by atoms with Crippen LogP contribution in [-0.4, -0.2) is 12.0 Å². The molecule has 106 valence electrons. The molecule has 0 unspecified atom stereocenters. The van der Waals surface area contributed by atoms with Crippen LogP contribution in [0.1, 0.15) is 11.1 Å². The molecule has 0 bridgehead atoms. The lowest BCUT2D eigenvalue weighted by Crippen LogP contribution is -1.95. The third-order valence-corrected chi connectivity index (χ3v) is 2.82. The minimum absolute atomic E-state index is 0.0782. The van der Waals surface area contributed by atoms with Gasteiger partial charge in [0.1, 0.15) is 11.4 Å². The molecule has 0 heterocycles. The SMILES string of the molecule is COc1ccc(C#Cc2ccc([N+](=O)[O-])c(N)c2)c(N)c1. The molecule has 0 fully saturated rings. The van der Waals surface area contributed by atoms with Crippen LogP contribution >= 0.6 is 0 Å². The van der Waals surface area contributed by atoms with Crippen molar-refractivity contribution in [2.75, 3.05) is 18.6 Å². The number of anilines is 2. The number of nitro benzene ring substituents is 1. The number of methoxy groups -OCH3 is 1. The number of nitrogens with zero attached hydrogens (tertiary/aromatic N) is 1. The zero-order valence-electron chi connectivity index (χ0n) is 11.3. The lowest BCUT2D eigenvalue weighted by atomic mass is 10.1. The van der Waals surface area contributed by atoms with E-state index in [0.29, 0.717) is 22.6 Å². The molecule has 0 atom stereocenters. The molecule has 21 heavy (non-hydrogen) atoms. The first-order chi connectivity index (χ1) is 10.0. The third kappa shape index (κ3) is 3.22. The highest BCUT2D eigenvalue weighted by Gasteiger charge is 2.10. The molecule has 0 aliphatic heterocycles. The second-order valence-electron chi connectivity index (χ2n) is 4.23. The van der Waals surface area contributed by atoms with E-state index in [-0.39, 0.29) is 11.4 Å².